The Morgan fingerprint density at radius 1 is 1.80 bits per heavy atom. The molecule has 0 aromatic carbocycles. The van der Waals surface area contributed by atoms with Gasteiger partial charge in [-0.05, 0) is 0 Å². The van der Waals surface area contributed by atoms with Crippen molar-refractivity contribution >= 4 is 0 Å². The largest absolute Gasteiger partial charge is 0 e. The fourth-order valence-corrected chi connectivity index (χ4v) is 0. The van der Waals surface area contributed by atoms with Crippen LogP contribution in [0.15, 0.2) is 0 Å². The maximum atomic E-state index is 8.65. The molecule has 0 aromatic heterocycles. The first-order chi connectivity index (χ1) is 1.41. The predicted molar refractivity (Wildman–Crippen MR) is 4.02 cm³/mol. The second-order valence-electron chi connectivity index (χ2n) is 0.0745. The number of hydrogen-bond acceptors (Lipinski definition) is 1. The Morgan fingerprint density at radius 2 is 1.80 bits per heavy atom. The Labute approximate surface area is 122 Å². The third kappa shape index (κ3) is 18.4. The van der Waals surface area contributed by atoms with Crippen molar-refractivity contribution in [3.8, 4) is 0 Å². The Bertz CT molecular complexity index is 21.0. The molecule has 0 aliphatic heterocycles. The molecular formula is H2KO2WYb. The zero-order valence-electron chi connectivity index (χ0n) is 3.53. The van der Waals surface area contributed by atoms with Crippen molar-refractivity contribution in [1.82, 2.24) is 0 Å². The summed E-state index contributed by atoms with van der Waals surface area (Å²) in [6, 6.07) is 0. The van der Waals surface area contributed by atoms with Crippen LogP contribution in [-0.4, -0.2) is 3.76 Å². The summed E-state index contributed by atoms with van der Waals surface area (Å²) in [7, 11) is 0. The predicted octanol–water partition coefficient (Wildman–Crippen LogP) is -3.56. The molecule has 5 heteroatoms. The van der Waals surface area contributed by atoms with Crippen LogP contribution in [-0.2, 0) is 22.3 Å². The average molecular weight is 430 g/mol. The van der Waals surface area contributed by atoms with Crippen molar-refractivity contribution < 1.29 is 126 Å². The first-order valence-electron chi connectivity index (χ1n) is 0.349. The van der Waals surface area contributed by atoms with Gasteiger partial charge in [-0.3, -0.25) is 0 Å². The van der Waals surface area contributed by atoms with E-state index in [-0.39, 0.29) is 99.7 Å². The fourth-order valence-electron chi connectivity index (χ4n) is 0. The van der Waals surface area contributed by atoms with Gasteiger partial charge in [0.05, 0.1) is 0 Å². The molecule has 5 heavy (non-hydrogen) atoms. The molecule has 0 spiro atoms. The molecule has 0 saturated heterocycles. The molecule has 0 aliphatic carbocycles. The van der Waals surface area contributed by atoms with Crippen molar-refractivity contribution in [1.29, 1.82) is 0 Å². The average Bonchev–Trinajstić information content (AvgIpc) is 0.918. The molecule has 0 heterocycles. The van der Waals surface area contributed by atoms with Gasteiger partial charge < -0.3 is 1.43 Å². The molecule has 2 nitrogen and oxygen atoms in total. The van der Waals surface area contributed by atoms with Gasteiger partial charge in [0.2, 0.25) is 0 Å². The summed E-state index contributed by atoms with van der Waals surface area (Å²) in [4.78, 5) is 0. The van der Waals surface area contributed by atoms with E-state index in [9.17, 15) is 0 Å². The normalized spacial score (nSPS) is 2.60. The van der Waals surface area contributed by atoms with Crippen molar-refractivity contribution in [3.05, 3.63) is 0 Å². The molecular weight excluding hydrogens is 428 g/mol. The van der Waals surface area contributed by atoms with Crippen LogP contribution in [0.4, 0.5) is 0 Å². The summed E-state index contributed by atoms with van der Waals surface area (Å²) < 4.78 is 15.8. The summed E-state index contributed by atoms with van der Waals surface area (Å²) in [5.41, 5.74) is 0. The second kappa shape index (κ2) is 15.6. The summed E-state index contributed by atoms with van der Waals surface area (Å²) >= 11 is -2.00. The third-order valence-electron chi connectivity index (χ3n) is 0. The molecule has 0 saturated carbocycles. The van der Waals surface area contributed by atoms with Gasteiger partial charge in [0.15, 0.2) is 0 Å². The van der Waals surface area contributed by atoms with E-state index in [2.05, 4.69) is 0 Å². The van der Waals surface area contributed by atoms with Crippen molar-refractivity contribution in [2.45, 2.75) is 0 Å². The molecule has 0 fully saturated rings. The Balaban J connectivity index is -0.00000000667. The van der Waals surface area contributed by atoms with E-state index >= 15 is 0 Å². The molecule has 0 atom stereocenters. The van der Waals surface area contributed by atoms with Gasteiger partial charge in [-0.25, -0.2) is 0 Å². The quantitative estimate of drug-likeness (QED) is 0.405. The molecule has 1 N–H and O–H groups in total. The van der Waals surface area contributed by atoms with Gasteiger partial charge in [-0.15, -0.1) is 0 Å². The Kier molecular flexibility index (Phi) is 49.6. The Morgan fingerprint density at radius 3 is 1.80 bits per heavy atom. The summed E-state index contributed by atoms with van der Waals surface area (Å²) in [6.07, 6.45) is 0. The first-order valence-corrected chi connectivity index (χ1v) is 2.86. The van der Waals surface area contributed by atoms with Crippen LogP contribution < -0.4 is 51.4 Å². The van der Waals surface area contributed by atoms with Gasteiger partial charge >= 0.3 is 77.4 Å². The molecule has 0 rings (SSSR count). The first kappa shape index (κ1) is 15.8. The zero-order valence-corrected chi connectivity index (χ0v) is 10.3. The van der Waals surface area contributed by atoms with Gasteiger partial charge in [0, 0.05) is 46.9 Å². The van der Waals surface area contributed by atoms with Gasteiger partial charge in [0.1, 0.15) is 0 Å². The zero-order chi connectivity index (χ0) is 2.71. The SMILES string of the molecule is [H-].[K+].[O]=[W][OH].[Yb]. The monoisotopic (exact) mass is 431 g/mol. The fraction of sp³-hybridized carbons (Fsp3) is 0. The van der Waals surface area contributed by atoms with E-state index in [1.165, 1.54) is 0 Å². The molecule has 0 bridgehead atoms. The number of rotatable bonds is 0. The van der Waals surface area contributed by atoms with Crippen LogP contribution >= 0.6 is 0 Å². The van der Waals surface area contributed by atoms with E-state index < -0.39 is 18.9 Å². The van der Waals surface area contributed by atoms with Crippen LogP contribution in [0, 0.1) is 46.9 Å². The third-order valence-corrected chi connectivity index (χ3v) is 0. The van der Waals surface area contributed by atoms with Crippen molar-refractivity contribution in [2.24, 2.45) is 0 Å². The van der Waals surface area contributed by atoms with Crippen LogP contribution in [0.5, 0.6) is 0 Å². The molecule has 0 amide bonds. The van der Waals surface area contributed by atoms with Gasteiger partial charge in [-0.1, -0.05) is 0 Å². The molecule has 0 radical (unpaired) electrons. The van der Waals surface area contributed by atoms with Crippen LogP contribution in [0.25, 0.3) is 0 Å². The molecule has 0 aliphatic rings. The molecule has 35 valence electrons. The second-order valence-corrected chi connectivity index (χ2v) is 0.610. The Hall–Kier alpha value is 3.60. The minimum atomic E-state index is -2.00. The van der Waals surface area contributed by atoms with E-state index in [1.807, 2.05) is 0 Å². The number of hydrogen-bond donors (Lipinski definition) is 1. The van der Waals surface area contributed by atoms with E-state index in [0.29, 0.717) is 0 Å². The standard InChI is InChI=1S/K.H2O.O.W.Yb.H/h;1H2;;;;/q+1;;;+1;;-1/p-1. The topological polar surface area (TPSA) is 37.3 Å². The van der Waals surface area contributed by atoms with Crippen molar-refractivity contribution in [3.63, 3.8) is 0 Å². The minimum absolute atomic E-state index is 0. The van der Waals surface area contributed by atoms with Gasteiger partial charge in [0.25, 0.3) is 0 Å². The maximum Gasteiger partial charge on any atom is 0 e. The minimum Gasteiger partial charge on any atom is 0 e. The van der Waals surface area contributed by atoms with E-state index in [4.69, 9.17) is 7.16 Å². The van der Waals surface area contributed by atoms with Crippen LogP contribution in [0.1, 0.15) is 1.43 Å². The summed E-state index contributed by atoms with van der Waals surface area (Å²) in [6.45, 7) is 0. The summed E-state index contributed by atoms with van der Waals surface area (Å²) in [5.74, 6) is 0. The molecule has 0 unspecified atom stereocenters. The summed E-state index contributed by atoms with van der Waals surface area (Å²) in [5, 5.41) is 0. The molecule has 0 aromatic rings. The van der Waals surface area contributed by atoms with E-state index in [0.717, 1.165) is 0 Å². The smallest absolute Gasteiger partial charge is 0 e. The van der Waals surface area contributed by atoms with E-state index in [1.54, 1.807) is 0 Å². The van der Waals surface area contributed by atoms with Crippen LogP contribution in [0.2, 0.25) is 0 Å². The maximum absolute atomic E-state index is 8.65. The van der Waals surface area contributed by atoms with Crippen molar-refractivity contribution in [2.75, 3.05) is 0 Å². The van der Waals surface area contributed by atoms with Gasteiger partial charge in [-0.2, -0.15) is 0 Å². The van der Waals surface area contributed by atoms with Crippen LogP contribution in [0.3, 0.4) is 0 Å².